The van der Waals surface area contributed by atoms with Crippen LogP contribution in [0.25, 0.3) is 0 Å². The van der Waals surface area contributed by atoms with Crippen molar-refractivity contribution in [2.24, 2.45) is 11.8 Å². The highest BCUT2D eigenvalue weighted by Crippen LogP contribution is 2.37. The standard InChI is InChI=1S/C18H19NO5/c1-2-23-17(21)16-13-8-9-15(20)14(13)10-19(16)18(22)24-11-12-6-4-3-5-7-12/h3-9,13-14,16H,2,10-11H2,1H3. The van der Waals surface area contributed by atoms with Crippen LogP contribution in [-0.2, 0) is 25.7 Å². The van der Waals surface area contributed by atoms with Gasteiger partial charge in [-0.3, -0.25) is 9.69 Å². The maximum Gasteiger partial charge on any atom is 0.410 e. The van der Waals surface area contributed by atoms with Crippen molar-refractivity contribution in [2.75, 3.05) is 13.2 Å². The molecule has 0 radical (unpaired) electrons. The summed E-state index contributed by atoms with van der Waals surface area (Å²) in [4.78, 5) is 37.9. The lowest BCUT2D eigenvalue weighted by atomic mass is 9.93. The number of nitrogens with zero attached hydrogens (tertiary/aromatic N) is 1. The summed E-state index contributed by atoms with van der Waals surface area (Å²) in [6, 6.07) is 8.48. The molecule has 3 rings (SSSR count). The predicted octanol–water partition coefficient (Wildman–Crippen LogP) is 1.94. The van der Waals surface area contributed by atoms with Crippen LogP contribution in [0, 0.1) is 11.8 Å². The van der Waals surface area contributed by atoms with Gasteiger partial charge in [0.15, 0.2) is 5.78 Å². The minimum Gasteiger partial charge on any atom is -0.464 e. The third kappa shape index (κ3) is 3.04. The van der Waals surface area contributed by atoms with Crippen LogP contribution in [0.4, 0.5) is 4.79 Å². The topological polar surface area (TPSA) is 72.9 Å². The van der Waals surface area contributed by atoms with Crippen molar-refractivity contribution in [2.45, 2.75) is 19.6 Å². The first-order valence-corrected chi connectivity index (χ1v) is 7.97. The Hall–Kier alpha value is -2.63. The number of rotatable bonds is 4. The number of likely N-dealkylation sites (tertiary alicyclic amines) is 1. The second-order valence-corrected chi connectivity index (χ2v) is 5.83. The molecule has 0 N–H and O–H groups in total. The van der Waals surface area contributed by atoms with E-state index in [0.717, 1.165) is 5.56 Å². The molecule has 3 atom stereocenters. The van der Waals surface area contributed by atoms with E-state index in [9.17, 15) is 14.4 Å². The van der Waals surface area contributed by atoms with Crippen LogP contribution in [0.15, 0.2) is 42.5 Å². The lowest BCUT2D eigenvalue weighted by molar-refractivity contribution is -0.148. The van der Waals surface area contributed by atoms with Crippen molar-refractivity contribution >= 4 is 17.8 Å². The fourth-order valence-electron chi connectivity index (χ4n) is 3.23. The van der Waals surface area contributed by atoms with Crippen LogP contribution < -0.4 is 0 Å². The fraction of sp³-hybridized carbons (Fsp3) is 0.389. The maximum absolute atomic E-state index is 12.4. The summed E-state index contributed by atoms with van der Waals surface area (Å²) in [5, 5.41) is 0. The molecule has 0 bridgehead atoms. The molecule has 1 fully saturated rings. The van der Waals surface area contributed by atoms with E-state index >= 15 is 0 Å². The highest BCUT2D eigenvalue weighted by atomic mass is 16.6. The smallest absolute Gasteiger partial charge is 0.410 e. The number of benzene rings is 1. The van der Waals surface area contributed by atoms with Crippen molar-refractivity contribution in [3.8, 4) is 0 Å². The fourth-order valence-corrected chi connectivity index (χ4v) is 3.23. The van der Waals surface area contributed by atoms with E-state index in [4.69, 9.17) is 9.47 Å². The number of carbonyl (C=O) groups is 3. The Kier molecular flexibility index (Phi) is 4.64. The zero-order valence-corrected chi connectivity index (χ0v) is 13.4. The molecule has 0 spiro atoms. The Labute approximate surface area is 140 Å². The average Bonchev–Trinajstić information content (AvgIpc) is 3.14. The van der Waals surface area contributed by atoms with Crippen LogP contribution in [0.2, 0.25) is 0 Å². The third-order valence-electron chi connectivity index (χ3n) is 4.37. The van der Waals surface area contributed by atoms with Crippen LogP contribution in [-0.4, -0.2) is 41.9 Å². The van der Waals surface area contributed by atoms with E-state index < -0.39 is 18.1 Å². The number of ketones is 1. The van der Waals surface area contributed by atoms with Gasteiger partial charge in [-0.1, -0.05) is 36.4 Å². The van der Waals surface area contributed by atoms with E-state index in [2.05, 4.69) is 0 Å². The Balaban J connectivity index is 1.72. The van der Waals surface area contributed by atoms with Gasteiger partial charge in [-0.05, 0) is 18.6 Å². The summed E-state index contributed by atoms with van der Waals surface area (Å²) in [5.41, 5.74) is 0.855. The van der Waals surface area contributed by atoms with Crippen LogP contribution in [0.1, 0.15) is 12.5 Å². The van der Waals surface area contributed by atoms with Crippen molar-refractivity contribution in [1.29, 1.82) is 0 Å². The molecule has 1 heterocycles. The summed E-state index contributed by atoms with van der Waals surface area (Å²) in [6.07, 6.45) is 2.57. The van der Waals surface area contributed by atoms with E-state index in [0.29, 0.717) is 0 Å². The molecular weight excluding hydrogens is 310 g/mol. The van der Waals surface area contributed by atoms with Gasteiger partial charge in [0.05, 0.1) is 6.61 Å². The van der Waals surface area contributed by atoms with Crippen molar-refractivity contribution < 1.29 is 23.9 Å². The molecule has 1 saturated heterocycles. The maximum atomic E-state index is 12.4. The monoisotopic (exact) mass is 329 g/mol. The Morgan fingerprint density at radius 2 is 1.96 bits per heavy atom. The van der Waals surface area contributed by atoms with Gasteiger partial charge in [-0.15, -0.1) is 0 Å². The van der Waals surface area contributed by atoms with Gasteiger partial charge in [0.25, 0.3) is 0 Å². The predicted molar refractivity (Wildman–Crippen MR) is 84.9 cm³/mol. The van der Waals surface area contributed by atoms with Gasteiger partial charge in [-0.25, -0.2) is 9.59 Å². The number of ether oxygens (including phenoxy) is 2. The lowest BCUT2D eigenvalue weighted by Gasteiger charge is -2.24. The summed E-state index contributed by atoms with van der Waals surface area (Å²) in [6.45, 7) is 2.22. The van der Waals surface area contributed by atoms with Gasteiger partial charge >= 0.3 is 12.1 Å². The molecule has 126 valence electrons. The van der Waals surface area contributed by atoms with Crippen molar-refractivity contribution in [3.63, 3.8) is 0 Å². The molecule has 0 aromatic heterocycles. The first kappa shape index (κ1) is 16.2. The Morgan fingerprint density at radius 3 is 2.67 bits per heavy atom. The first-order valence-electron chi connectivity index (χ1n) is 7.97. The largest absolute Gasteiger partial charge is 0.464 e. The third-order valence-corrected chi connectivity index (χ3v) is 4.37. The summed E-state index contributed by atoms with van der Waals surface area (Å²) >= 11 is 0. The average molecular weight is 329 g/mol. The number of fused-ring (bicyclic) bond motifs is 1. The van der Waals surface area contributed by atoms with E-state index in [1.54, 1.807) is 13.0 Å². The van der Waals surface area contributed by atoms with Crippen LogP contribution >= 0.6 is 0 Å². The molecule has 1 aliphatic heterocycles. The first-order chi connectivity index (χ1) is 11.6. The second-order valence-electron chi connectivity index (χ2n) is 5.83. The molecule has 1 amide bonds. The zero-order chi connectivity index (χ0) is 17.1. The summed E-state index contributed by atoms with van der Waals surface area (Å²) < 4.78 is 10.4. The number of amides is 1. The van der Waals surface area contributed by atoms with Crippen LogP contribution in [0.3, 0.4) is 0 Å². The van der Waals surface area contributed by atoms with Gasteiger partial charge < -0.3 is 9.47 Å². The number of esters is 1. The second kappa shape index (κ2) is 6.86. The molecule has 1 aliphatic carbocycles. The Morgan fingerprint density at radius 1 is 1.21 bits per heavy atom. The van der Waals surface area contributed by atoms with Gasteiger partial charge in [0.1, 0.15) is 12.6 Å². The Bertz CT molecular complexity index is 669. The van der Waals surface area contributed by atoms with E-state index in [1.807, 2.05) is 30.3 Å². The highest BCUT2D eigenvalue weighted by Gasteiger charge is 2.52. The van der Waals surface area contributed by atoms with Gasteiger partial charge in [-0.2, -0.15) is 0 Å². The molecule has 1 aromatic rings. The summed E-state index contributed by atoms with van der Waals surface area (Å²) in [5.74, 6) is -1.28. The normalized spacial score (nSPS) is 24.8. The summed E-state index contributed by atoms with van der Waals surface area (Å²) in [7, 11) is 0. The van der Waals surface area contributed by atoms with Crippen LogP contribution in [0.5, 0.6) is 0 Å². The number of carbonyl (C=O) groups excluding carboxylic acids is 3. The SMILES string of the molecule is CCOC(=O)C1C2C=CC(=O)C2CN1C(=O)OCc1ccccc1. The molecule has 2 aliphatic rings. The molecule has 6 nitrogen and oxygen atoms in total. The van der Waals surface area contributed by atoms with Gasteiger partial charge in [0.2, 0.25) is 0 Å². The van der Waals surface area contributed by atoms with E-state index in [-0.39, 0.29) is 37.4 Å². The molecule has 0 saturated carbocycles. The minimum absolute atomic E-state index is 0.0624. The van der Waals surface area contributed by atoms with Crippen molar-refractivity contribution in [3.05, 3.63) is 48.0 Å². The van der Waals surface area contributed by atoms with Gasteiger partial charge in [0, 0.05) is 18.4 Å². The quantitative estimate of drug-likeness (QED) is 0.789. The number of allylic oxidation sites excluding steroid dienone is 1. The molecule has 1 aromatic carbocycles. The number of hydrogen-bond acceptors (Lipinski definition) is 5. The minimum atomic E-state index is -0.805. The van der Waals surface area contributed by atoms with Crippen molar-refractivity contribution in [1.82, 2.24) is 4.90 Å². The van der Waals surface area contributed by atoms with E-state index in [1.165, 1.54) is 11.0 Å². The molecule has 3 unspecified atom stereocenters. The number of hydrogen-bond donors (Lipinski definition) is 0. The molecular formula is C18H19NO5. The zero-order valence-electron chi connectivity index (χ0n) is 13.4. The highest BCUT2D eigenvalue weighted by molar-refractivity contribution is 5.97. The molecule has 6 heteroatoms. The molecule has 24 heavy (non-hydrogen) atoms. The lowest BCUT2D eigenvalue weighted by Crippen LogP contribution is -2.44.